The number of carbonyl (C=O) groups excluding carboxylic acids is 1. The van der Waals surface area contributed by atoms with Crippen molar-refractivity contribution in [3.8, 4) is 12.3 Å². The van der Waals surface area contributed by atoms with Gasteiger partial charge in [-0.05, 0) is 73.1 Å². The highest BCUT2D eigenvalue weighted by Crippen LogP contribution is 2.62. The molecular formula is C21H24O2. The average molecular weight is 311 g/mol. The van der Waals surface area contributed by atoms with Crippen LogP contribution in [0.4, 0.5) is 0 Å². The van der Waals surface area contributed by atoms with Crippen LogP contribution in [0.15, 0.2) is 34.9 Å². The summed E-state index contributed by atoms with van der Waals surface area (Å²) in [5, 5.41) is 11.1. The first-order chi connectivity index (χ1) is 12.2. The Balaban J connectivity index is 1.89. The molecule has 2 nitrogen and oxygen atoms in total. The Hall–Kier alpha value is -1.59. The van der Waals surface area contributed by atoms with Gasteiger partial charge in [-0.25, -0.2) is 0 Å². The molecule has 0 aromatic heterocycles. The van der Waals surface area contributed by atoms with Crippen LogP contribution in [-0.2, 0) is 4.79 Å². The predicted octanol–water partition coefficient (Wildman–Crippen LogP) is 3.72. The number of hydrogen-bond acceptors (Lipinski definition) is 2. The van der Waals surface area contributed by atoms with Crippen molar-refractivity contribution in [3.05, 3.63) is 34.9 Å². The lowest BCUT2D eigenvalue weighted by atomic mass is 9.56. The van der Waals surface area contributed by atoms with Crippen LogP contribution in [-0.4, -0.2) is 16.5 Å². The van der Waals surface area contributed by atoms with Crippen LogP contribution in [0, 0.1) is 29.6 Å². The summed E-state index contributed by atoms with van der Waals surface area (Å²) in [6.07, 6.45) is 11.4. The smallest absolute Gasteiger partial charge is 0.156 e. The molecule has 0 radical (unpaired) electrons. The molecule has 0 saturated heterocycles. The zero-order valence-corrected chi connectivity index (χ0v) is 13.5. The number of rotatable bonds is 1. The maximum atomic E-state index is 12.1. The van der Waals surface area contributed by atoms with Gasteiger partial charge in [0.15, 0.2) is 5.78 Å². The maximum Gasteiger partial charge on any atom is 0.156 e. The molecule has 23 heavy (non-hydrogen) atoms. The van der Waals surface area contributed by atoms with Crippen molar-refractivity contribution in [2.75, 3.05) is 0 Å². The van der Waals surface area contributed by atoms with Gasteiger partial charge in [-0.3, -0.25) is 4.79 Å². The van der Waals surface area contributed by atoms with Crippen molar-refractivity contribution in [1.29, 1.82) is 0 Å². The van der Waals surface area contributed by atoms with Crippen LogP contribution in [0.1, 0.15) is 55.9 Å². The van der Waals surface area contributed by atoms with Gasteiger partial charge < -0.3 is 5.11 Å². The van der Waals surface area contributed by atoms with E-state index in [4.69, 9.17) is 10.5 Å². The SMILES string of the molecule is [2H]C1=C2CC[C@@H]3C(=C2CC([2H])([2H])C1=O)C=C[C@@]1(CC)[C@H]3CC[C@@]1(O)C#C. The van der Waals surface area contributed by atoms with Crippen molar-refractivity contribution in [1.82, 2.24) is 0 Å². The van der Waals surface area contributed by atoms with E-state index in [9.17, 15) is 9.90 Å². The third kappa shape index (κ3) is 1.83. The van der Waals surface area contributed by atoms with E-state index < -0.39 is 23.2 Å². The number of ketones is 1. The summed E-state index contributed by atoms with van der Waals surface area (Å²) in [6.45, 7) is 2.07. The summed E-state index contributed by atoms with van der Waals surface area (Å²) in [6, 6.07) is -0.158. The van der Waals surface area contributed by atoms with Gasteiger partial charge in [0.05, 0.1) is 1.37 Å². The summed E-state index contributed by atoms with van der Waals surface area (Å²) >= 11 is 0. The van der Waals surface area contributed by atoms with Crippen LogP contribution >= 0.6 is 0 Å². The Morgan fingerprint density at radius 1 is 1.52 bits per heavy atom. The molecule has 1 fully saturated rings. The van der Waals surface area contributed by atoms with E-state index in [2.05, 4.69) is 12.8 Å². The zero-order valence-electron chi connectivity index (χ0n) is 16.5. The first-order valence-electron chi connectivity index (χ1n) is 10.1. The zero-order chi connectivity index (χ0) is 18.9. The number of fused-ring (bicyclic) bond motifs is 4. The molecule has 4 aliphatic rings. The molecule has 1 saturated carbocycles. The second-order valence-electron chi connectivity index (χ2n) is 7.24. The van der Waals surface area contributed by atoms with Crippen molar-refractivity contribution >= 4 is 5.78 Å². The number of allylic oxidation sites excluding steroid dienone is 5. The van der Waals surface area contributed by atoms with E-state index in [-0.39, 0.29) is 24.3 Å². The van der Waals surface area contributed by atoms with Gasteiger partial charge in [0.25, 0.3) is 0 Å². The normalized spacial score (nSPS) is 46.3. The fraction of sp³-hybridized carbons (Fsp3) is 0.571. The highest BCUT2D eigenvalue weighted by Gasteiger charge is 2.60. The van der Waals surface area contributed by atoms with Crippen LogP contribution in [0.5, 0.6) is 0 Å². The lowest BCUT2D eigenvalue weighted by Crippen LogP contribution is -2.48. The highest BCUT2D eigenvalue weighted by atomic mass is 16.3. The lowest BCUT2D eigenvalue weighted by Gasteiger charge is -2.48. The summed E-state index contributed by atoms with van der Waals surface area (Å²) in [5.74, 6) is 2.39. The fourth-order valence-electron chi connectivity index (χ4n) is 5.44. The van der Waals surface area contributed by atoms with E-state index in [1.165, 1.54) is 0 Å². The summed E-state index contributed by atoms with van der Waals surface area (Å²) in [4.78, 5) is 12.1. The largest absolute Gasteiger partial charge is 0.377 e. The summed E-state index contributed by atoms with van der Waals surface area (Å²) in [5.41, 5.74) is 1.05. The van der Waals surface area contributed by atoms with E-state index >= 15 is 0 Å². The fourth-order valence-corrected chi connectivity index (χ4v) is 5.44. The summed E-state index contributed by atoms with van der Waals surface area (Å²) in [7, 11) is 0. The average Bonchev–Trinajstić information content (AvgIpc) is 2.93. The quantitative estimate of drug-likeness (QED) is 0.749. The molecule has 0 aliphatic heterocycles. The molecule has 4 aliphatic carbocycles. The van der Waals surface area contributed by atoms with Crippen molar-refractivity contribution < 1.29 is 14.0 Å². The second kappa shape index (κ2) is 4.95. The first-order valence-corrected chi connectivity index (χ1v) is 8.58. The van der Waals surface area contributed by atoms with Gasteiger partial charge in [-0.1, -0.05) is 25.0 Å². The minimum Gasteiger partial charge on any atom is -0.377 e. The number of hydrogen-bond donors (Lipinski definition) is 1. The summed E-state index contributed by atoms with van der Waals surface area (Å²) < 4.78 is 24.2. The molecule has 4 rings (SSSR count). The molecule has 120 valence electrons. The second-order valence-corrected chi connectivity index (χ2v) is 7.24. The van der Waals surface area contributed by atoms with Crippen molar-refractivity contribution in [2.45, 2.75) is 57.4 Å². The molecule has 0 heterocycles. The third-order valence-electron chi connectivity index (χ3n) is 6.63. The van der Waals surface area contributed by atoms with Gasteiger partial charge in [0.2, 0.25) is 0 Å². The van der Waals surface area contributed by atoms with Crippen LogP contribution in [0.25, 0.3) is 0 Å². The van der Waals surface area contributed by atoms with Gasteiger partial charge >= 0.3 is 0 Å². The van der Waals surface area contributed by atoms with E-state index in [0.29, 0.717) is 12.8 Å². The Labute approximate surface area is 142 Å². The Kier molecular flexibility index (Phi) is 2.56. The van der Waals surface area contributed by atoms with Crippen LogP contribution in [0.2, 0.25) is 0 Å². The molecule has 0 spiro atoms. The molecule has 1 N–H and O–H groups in total. The monoisotopic (exact) mass is 311 g/mol. The van der Waals surface area contributed by atoms with Crippen LogP contribution in [0.3, 0.4) is 0 Å². The Bertz CT molecular complexity index is 829. The Morgan fingerprint density at radius 3 is 3.09 bits per heavy atom. The molecule has 0 amide bonds. The van der Waals surface area contributed by atoms with Crippen molar-refractivity contribution in [2.24, 2.45) is 17.3 Å². The Morgan fingerprint density at radius 2 is 2.35 bits per heavy atom. The predicted molar refractivity (Wildman–Crippen MR) is 90.4 cm³/mol. The van der Waals surface area contributed by atoms with E-state index in [0.717, 1.165) is 36.0 Å². The molecular weight excluding hydrogens is 284 g/mol. The third-order valence-corrected chi connectivity index (χ3v) is 6.63. The molecule has 0 bridgehead atoms. The van der Waals surface area contributed by atoms with E-state index in [1.54, 1.807) is 0 Å². The minimum atomic E-state index is -2.01. The minimum absolute atomic E-state index is 0.0466. The van der Waals surface area contributed by atoms with Gasteiger partial charge in [-0.2, -0.15) is 0 Å². The molecule has 0 aromatic rings. The first kappa shape index (κ1) is 11.9. The van der Waals surface area contributed by atoms with E-state index in [1.807, 2.05) is 12.2 Å². The molecule has 0 aromatic carbocycles. The molecule has 4 atom stereocenters. The van der Waals surface area contributed by atoms with Crippen molar-refractivity contribution in [3.63, 3.8) is 0 Å². The number of carbonyl (C=O) groups is 1. The standard InChI is InChI=1S/C21H24O2/c1-3-20-11-9-17-16-8-6-15(22)13-14(16)5-7-18(17)19(20)10-12-21(20,23)4-2/h2,9,11,13,18-19,23H,3,5-8,10,12H2,1H3/t18-,19+,20+,21+/m1/s1/i6D2,13D. The molecule has 0 unspecified atom stereocenters. The number of aliphatic hydroxyl groups is 1. The maximum absolute atomic E-state index is 12.1. The van der Waals surface area contributed by atoms with Crippen LogP contribution < -0.4 is 0 Å². The lowest BCUT2D eigenvalue weighted by molar-refractivity contribution is -0.114. The molecule has 2 heteroatoms. The highest BCUT2D eigenvalue weighted by molar-refractivity contribution is 5.93. The van der Waals surface area contributed by atoms with Gasteiger partial charge in [0.1, 0.15) is 5.60 Å². The van der Waals surface area contributed by atoms with Gasteiger partial charge in [0, 0.05) is 14.5 Å². The number of terminal acetylenes is 1. The topological polar surface area (TPSA) is 37.3 Å². The van der Waals surface area contributed by atoms with Gasteiger partial charge in [-0.15, -0.1) is 6.42 Å².